The molecule has 5 nitrogen and oxygen atoms in total. The van der Waals surface area contributed by atoms with Crippen LogP contribution >= 0.6 is 11.8 Å². The molecule has 1 aromatic carbocycles. The molecule has 0 amide bonds. The lowest BCUT2D eigenvalue weighted by Gasteiger charge is -2.15. The molecular formula is C15H13N3O2S. The fourth-order valence-corrected chi connectivity index (χ4v) is 3.34. The number of aromatic nitrogens is 2. The smallest absolute Gasteiger partial charge is 0.313 e. The highest BCUT2D eigenvalue weighted by molar-refractivity contribution is 7.99. The zero-order valence-corrected chi connectivity index (χ0v) is 12.0. The molecule has 3 rings (SSSR count). The quantitative estimate of drug-likeness (QED) is 0.693. The summed E-state index contributed by atoms with van der Waals surface area (Å²) in [5, 5.41) is 18.6. The number of hydrogen-bond acceptors (Lipinski definition) is 4. The second-order valence-electron chi connectivity index (χ2n) is 4.86. The van der Waals surface area contributed by atoms with Gasteiger partial charge in [0.05, 0.1) is 28.4 Å². The van der Waals surface area contributed by atoms with Gasteiger partial charge in [-0.1, -0.05) is 23.9 Å². The monoisotopic (exact) mass is 299 g/mol. The van der Waals surface area contributed by atoms with Crippen molar-refractivity contribution in [2.45, 2.75) is 24.0 Å². The lowest BCUT2D eigenvalue weighted by atomic mass is 10.2. The predicted octanol–water partition coefficient (Wildman–Crippen LogP) is 2.98. The zero-order chi connectivity index (χ0) is 14.8. The Labute approximate surface area is 125 Å². The highest BCUT2D eigenvalue weighted by atomic mass is 32.2. The van der Waals surface area contributed by atoms with Crippen LogP contribution in [-0.4, -0.2) is 26.4 Å². The van der Waals surface area contributed by atoms with E-state index in [1.807, 2.05) is 12.1 Å². The van der Waals surface area contributed by atoms with Crippen LogP contribution in [0.4, 0.5) is 0 Å². The number of aliphatic carboxylic acids is 1. The lowest BCUT2D eigenvalue weighted by Crippen LogP contribution is -2.08. The van der Waals surface area contributed by atoms with Crippen molar-refractivity contribution in [3.05, 3.63) is 35.9 Å². The van der Waals surface area contributed by atoms with E-state index in [1.54, 1.807) is 6.07 Å². The first-order valence-electron chi connectivity index (χ1n) is 6.60. The Kier molecular flexibility index (Phi) is 3.67. The SMILES string of the molecule is N#Cc1ccc2nc(SCC(=O)O)n(C3CC=CC3)c2c1. The van der Waals surface area contributed by atoms with Gasteiger partial charge in [-0.25, -0.2) is 4.98 Å². The molecule has 0 spiro atoms. The molecule has 0 saturated carbocycles. The predicted molar refractivity (Wildman–Crippen MR) is 80.2 cm³/mol. The first-order chi connectivity index (χ1) is 10.2. The van der Waals surface area contributed by atoms with Gasteiger partial charge in [-0.05, 0) is 31.0 Å². The van der Waals surface area contributed by atoms with Crippen molar-refractivity contribution in [3.8, 4) is 6.07 Å². The molecule has 106 valence electrons. The fraction of sp³-hybridized carbons (Fsp3) is 0.267. The highest BCUT2D eigenvalue weighted by Gasteiger charge is 2.21. The number of nitriles is 1. The van der Waals surface area contributed by atoms with Crippen molar-refractivity contribution in [2.75, 3.05) is 5.75 Å². The topological polar surface area (TPSA) is 78.9 Å². The Morgan fingerprint density at radius 3 is 2.90 bits per heavy atom. The van der Waals surface area contributed by atoms with Crippen molar-refractivity contribution < 1.29 is 9.90 Å². The largest absolute Gasteiger partial charge is 0.481 e. The summed E-state index contributed by atoms with van der Waals surface area (Å²) in [5.41, 5.74) is 2.29. The zero-order valence-electron chi connectivity index (χ0n) is 11.2. The molecule has 21 heavy (non-hydrogen) atoms. The van der Waals surface area contributed by atoms with Crippen LogP contribution in [0, 0.1) is 11.3 Å². The lowest BCUT2D eigenvalue weighted by molar-refractivity contribution is -0.133. The summed E-state index contributed by atoms with van der Waals surface area (Å²) in [6, 6.07) is 7.77. The van der Waals surface area contributed by atoms with Crippen molar-refractivity contribution in [3.63, 3.8) is 0 Å². The third-order valence-electron chi connectivity index (χ3n) is 3.46. The van der Waals surface area contributed by atoms with Gasteiger partial charge in [0, 0.05) is 6.04 Å². The summed E-state index contributed by atoms with van der Waals surface area (Å²) in [6.07, 6.45) is 6.05. The normalized spacial score (nSPS) is 14.6. The molecule has 0 aliphatic heterocycles. The van der Waals surface area contributed by atoms with Gasteiger partial charge in [-0.2, -0.15) is 5.26 Å². The molecule has 0 fully saturated rings. The number of carboxylic acid groups (broad SMARTS) is 1. The average Bonchev–Trinajstić information content (AvgIpc) is 3.10. The van der Waals surface area contributed by atoms with E-state index < -0.39 is 5.97 Å². The van der Waals surface area contributed by atoms with E-state index in [0.717, 1.165) is 23.9 Å². The molecule has 1 N–H and O–H groups in total. The molecule has 6 heteroatoms. The van der Waals surface area contributed by atoms with Crippen LogP contribution in [0.1, 0.15) is 24.4 Å². The third kappa shape index (κ3) is 2.65. The molecule has 1 aliphatic rings. The number of nitrogens with zero attached hydrogens (tertiary/aromatic N) is 3. The van der Waals surface area contributed by atoms with Crippen LogP contribution in [0.25, 0.3) is 11.0 Å². The average molecular weight is 299 g/mol. The van der Waals surface area contributed by atoms with Gasteiger partial charge in [-0.15, -0.1) is 0 Å². The van der Waals surface area contributed by atoms with Crippen LogP contribution < -0.4 is 0 Å². The van der Waals surface area contributed by atoms with Crippen molar-refractivity contribution in [2.24, 2.45) is 0 Å². The minimum absolute atomic E-state index is 0.0193. The third-order valence-corrected chi connectivity index (χ3v) is 4.40. The summed E-state index contributed by atoms with van der Waals surface area (Å²) >= 11 is 1.22. The van der Waals surface area contributed by atoms with Crippen LogP contribution in [0.2, 0.25) is 0 Å². The Hall–Kier alpha value is -2.26. The Morgan fingerprint density at radius 2 is 2.24 bits per heavy atom. The Morgan fingerprint density at radius 1 is 1.48 bits per heavy atom. The van der Waals surface area contributed by atoms with E-state index in [0.29, 0.717) is 10.7 Å². The van der Waals surface area contributed by atoms with E-state index in [-0.39, 0.29) is 11.8 Å². The van der Waals surface area contributed by atoms with Crippen LogP contribution in [0.5, 0.6) is 0 Å². The van der Waals surface area contributed by atoms with E-state index in [9.17, 15) is 4.79 Å². The number of thioether (sulfide) groups is 1. The van der Waals surface area contributed by atoms with E-state index in [2.05, 4.69) is 27.8 Å². The van der Waals surface area contributed by atoms with Gasteiger partial charge in [-0.3, -0.25) is 4.79 Å². The molecule has 0 atom stereocenters. The first-order valence-corrected chi connectivity index (χ1v) is 7.59. The number of benzene rings is 1. The number of imidazole rings is 1. The highest BCUT2D eigenvalue weighted by Crippen LogP contribution is 2.34. The summed E-state index contributed by atoms with van der Waals surface area (Å²) in [6.45, 7) is 0. The van der Waals surface area contributed by atoms with Crippen LogP contribution in [-0.2, 0) is 4.79 Å². The Bertz CT molecular complexity index is 765. The van der Waals surface area contributed by atoms with Crippen molar-refractivity contribution >= 4 is 28.8 Å². The maximum atomic E-state index is 10.8. The molecule has 1 heterocycles. The van der Waals surface area contributed by atoms with Gasteiger partial charge >= 0.3 is 5.97 Å². The van der Waals surface area contributed by atoms with Crippen molar-refractivity contribution in [1.82, 2.24) is 9.55 Å². The van der Waals surface area contributed by atoms with Crippen LogP contribution in [0.15, 0.2) is 35.5 Å². The summed E-state index contributed by atoms with van der Waals surface area (Å²) in [4.78, 5) is 15.3. The number of hydrogen-bond donors (Lipinski definition) is 1. The molecule has 2 aromatic rings. The minimum atomic E-state index is -0.860. The second-order valence-corrected chi connectivity index (χ2v) is 5.80. The standard InChI is InChI=1S/C15H13N3O2S/c16-8-10-5-6-12-13(7-10)18(11-3-1-2-4-11)15(17-12)21-9-14(19)20/h1-2,5-7,11H,3-4,9H2,(H,19,20). The molecular weight excluding hydrogens is 286 g/mol. The molecule has 1 aliphatic carbocycles. The van der Waals surface area contributed by atoms with Gasteiger partial charge in [0.1, 0.15) is 0 Å². The molecule has 1 aromatic heterocycles. The summed E-state index contributed by atoms with van der Waals surface area (Å²) in [5.74, 6) is -0.880. The number of carbonyl (C=O) groups is 1. The van der Waals surface area contributed by atoms with Gasteiger partial charge < -0.3 is 9.67 Å². The van der Waals surface area contributed by atoms with Gasteiger partial charge in [0.15, 0.2) is 5.16 Å². The maximum Gasteiger partial charge on any atom is 0.313 e. The van der Waals surface area contributed by atoms with Crippen LogP contribution in [0.3, 0.4) is 0 Å². The second kappa shape index (κ2) is 5.62. The van der Waals surface area contributed by atoms with E-state index in [1.165, 1.54) is 11.8 Å². The maximum absolute atomic E-state index is 10.8. The Balaban J connectivity index is 2.09. The summed E-state index contributed by atoms with van der Waals surface area (Å²) in [7, 11) is 0. The molecule has 0 unspecified atom stereocenters. The molecule has 0 saturated heterocycles. The number of fused-ring (bicyclic) bond motifs is 1. The molecule has 0 radical (unpaired) electrons. The summed E-state index contributed by atoms with van der Waals surface area (Å²) < 4.78 is 2.07. The number of rotatable bonds is 4. The molecule has 0 bridgehead atoms. The number of carboxylic acids is 1. The van der Waals surface area contributed by atoms with Gasteiger partial charge in [0.2, 0.25) is 0 Å². The van der Waals surface area contributed by atoms with E-state index >= 15 is 0 Å². The minimum Gasteiger partial charge on any atom is -0.481 e. The van der Waals surface area contributed by atoms with Crippen molar-refractivity contribution in [1.29, 1.82) is 5.26 Å². The number of allylic oxidation sites excluding steroid dienone is 2. The fourth-order valence-electron chi connectivity index (χ4n) is 2.54. The van der Waals surface area contributed by atoms with E-state index in [4.69, 9.17) is 10.4 Å². The van der Waals surface area contributed by atoms with Gasteiger partial charge in [0.25, 0.3) is 0 Å². The first kappa shape index (κ1) is 13.7.